The minimum Gasteiger partial charge on any atom is -0.379 e. The SMILES string of the molecule is CCNC(=NCC(C)(C)NS(C)(=O)=O)NCC(C(C)C)N1CCOCC1.I. The largest absolute Gasteiger partial charge is 0.379 e. The van der Waals surface area contributed by atoms with Crippen LogP contribution in [0.3, 0.4) is 0 Å². The van der Waals surface area contributed by atoms with Crippen LogP contribution in [0.15, 0.2) is 4.99 Å². The summed E-state index contributed by atoms with van der Waals surface area (Å²) >= 11 is 0. The van der Waals surface area contributed by atoms with E-state index in [9.17, 15) is 8.42 Å². The fourth-order valence-corrected chi connectivity index (χ4v) is 4.12. The highest BCUT2D eigenvalue weighted by Gasteiger charge is 2.25. The molecule has 1 saturated heterocycles. The topological polar surface area (TPSA) is 95.1 Å². The zero-order valence-corrected chi connectivity index (χ0v) is 20.7. The predicted octanol–water partition coefficient (Wildman–Crippen LogP) is 0.844. The van der Waals surface area contributed by atoms with Crippen LogP contribution >= 0.6 is 24.0 Å². The van der Waals surface area contributed by atoms with Crippen molar-refractivity contribution in [2.75, 3.05) is 52.2 Å². The predicted molar refractivity (Wildman–Crippen MR) is 122 cm³/mol. The number of morpholine rings is 1. The molecule has 0 bridgehead atoms. The van der Waals surface area contributed by atoms with E-state index >= 15 is 0 Å². The number of sulfonamides is 1. The number of hydrogen-bond donors (Lipinski definition) is 3. The molecule has 1 aliphatic rings. The summed E-state index contributed by atoms with van der Waals surface area (Å²) in [5.74, 6) is 1.21. The Morgan fingerprint density at radius 1 is 1.22 bits per heavy atom. The molecule has 8 nitrogen and oxygen atoms in total. The smallest absolute Gasteiger partial charge is 0.209 e. The monoisotopic (exact) mass is 519 g/mol. The number of halogens is 1. The van der Waals surface area contributed by atoms with E-state index in [0.717, 1.165) is 45.6 Å². The Balaban J connectivity index is 0.00000676. The van der Waals surface area contributed by atoms with Gasteiger partial charge in [0.1, 0.15) is 0 Å². The van der Waals surface area contributed by atoms with Crippen LogP contribution in [0.2, 0.25) is 0 Å². The summed E-state index contributed by atoms with van der Waals surface area (Å²) in [5.41, 5.74) is -0.641. The number of guanidine groups is 1. The molecular formula is C17H38IN5O3S. The van der Waals surface area contributed by atoms with E-state index < -0.39 is 15.6 Å². The first-order valence-corrected chi connectivity index (χ1v) is 11.3. The molecule has 0 aliphatic carbocycles. The fourth-order valence-electron chi connectivity index (χ4n) is 3.05. The van der Waals surface area contributed by atoms with Crippen molar-refractivity contribution in [1.29, 1.82) is 0 Å². The van der Waals surface area contributed by atoms with Gasteiger partial charge >= 0.3 is 0 Å². The van der Waals surface area contributed by atoms with Gasteiger partial charge in [0.2, 0.25) is 10.0 Å². The van der Waals surface area contributed by atoms with Gasteiger partial charge in [0.05, 0.1) is 26.0 Å². The van der Waals surface area contributed by atoms with Crippen molar-refractivity contribution in [1.82, 2.24) is 20.3 Å². The van der Waals surface area contributed by atoms with Crippen molar-refractivity contribution < 1.29 is 13.2 Å². The average Bonchev–Trinajstić information content (AvgIpc) is 2.51. The summed E-state index contributed by atoms with van der Waals surface area (Å²) in [5, 5.41) is 6.65. The number of nitrogens with one attached hydrogen (secondary N) is 3. The van der Waals surface area contributed by atoms with E-state index in [-0.39, 0.29) is 24.0 Å². The first-order valence-electron chi connectivity index (χ1n) is 9.37. The van der Waals surface area contributed by atoms with Crippen LogP contribution in [-0.4, -0.2) is 83.1 Å². The molecule has 0 amide bonds. The van der Waals surface area contributed by atoms with Gasteiger partial charge in [-0.05, 0) is 26.7 Å². The fraction of sp³-hybridized carbons (Fsp3) is 0.941. The molecule has 10 heteroatoms. The summed E-state index contributed by atoms with van der Waals surface area (Å²) in [4.78, 5) is 7.03. The minimum absolute atomic E-state index is 0. The van der Waals surface area contributed by atoms with Crippen molar-refractivity contribution >= 4 is 40.0 Å². The van der Waals surface area contributed by atoms with Crippen LogP contribution in [0.4, 0.5) is 0 Å². The van der Waals surface area contributed by atoms with Crippen LogP contribution in [0, 0.1) is 5.92 Å². The first kappa shape index (κ1) is 26.8. The van der Waals surface area contributed by atoms with Crippen molar-refractivity contribution in [2.24, 2.45) is 10.9 Å². The zero-order chi connectivity index (χ0) is 19.8. The molecule has 27 heavy (non-hydrogen) atoms. The molecule has 1 fully saturated rings. The Morgan fingerprint density at radius 3 is 2.30 bits per heavy atom. The van der Waals surface area contributed by atoms with Crippen molar-refractivity contribution in [2.45, 2.75) is 46.2 Å². The van der Waals surface area contributed by atoms with Crippen LogP contribution in [0.5, 0.6) is 0 Å². The molecule has 1 atom stereocenters. The summed E-state index contributed by atoms with van der Waals surface area (Å²) in [6.07, 6.45) is 1.16. The Hall–Kier alpha value is -0.170. The normalized spacial score (nSPS) is 18.1. The molecule has 0 radical (unpaired) electrons. The summed E-state index contributed by atoms with van der Waals surface area (Å²) in [6, 6.07) is 0.393. The molecule has 0 aromatic rings. The Labute approximate surface area is 182 Å². The molecule has 0 aromatic carbocycles. The van der Waals surface area contributed by atoms with Crippen LogP contribution in [0.1, 0.15) is 34.6 Å². The maximum absolute atomic E-state index is 11.5. The van der Waals surface area contributed by atoms with Gasteiger partial charge in [-0.2, -0.15) is 0 Å². The number of nitrogens with zero attached hydrogens (tertiary/aromatic N) is 2. The molecule has 1 unspecified atom stereocenters. The molecule has 0 spiro atoms. The van der Waals surface area contributed by atoms with E-state index in [1.165, 1.54) is 0 Å². The van der Waals surface area contributed by atoms with E-state index in [4.69, 9.17) is 4.74 Å². The third-order valence-electron chi connectivity index (χ3n) is 4.20. The van der Waals surface area contributed by atoms with Gasteiger partial charge < -0.3 is 15.4 Å². The van der Waals surface area contributed by atoms with Gasteiger partial charge in [0.25, 0.3) is 0 Å². The average molecular weight is 519 g/mol. The van der Waals surface area contributed by atoms with E-state index in [1.807, 2.05) is 20.8 Å². The van der Waals surface area contributed by atoms with Crippen LogP contribution in [0.25, 0.3) is 0 Å². The third-order valence-corrected chi connectivity index (χ3v) is 5.12. The van der Waals surface area contributed by atoms with Gasteiger partial charge in [-0.1, -0.05) is 13.8 Å². The maximum atomic E-state index is 11.5. The standard InChI is InChI=1S/C17H37N5O3S.HI/c1-7-18-16(20-13-17(4,5)21-26(6,23)24)19-12-15(14(2)3)22-8-10-25-11-9-22;/h14-15,21H,7-13H2,1-6H3,(H2,18,19,20);1H. The highest BCUT2D eigenvalue weighted by atomic mass is 127. The van der Waals surface area contributed by atoms with Crippen molar-refractivity contribution in [3.05, 3.63) is 0 Å². The molecule has 0 saturated carbocycles. The number of ether oxygens (including phenoxy) is 1. The van der Waals surface area contributed by atoms with Crippen LogP contribution < -0.4 is 15.4 Å². The Kier molecular flexibility index (Phi) is 12.3. The van der Waals surface area contributed by atoms with Crippen molar-refractivity contribution in [3.63, 3.8) is 0 Å². The lowest BCUT2D eigenvalue weighted by Crippen LogP contribution is -2.53. The molecule has 162 valence electrons. The lowest BCUT2D eigenvalue weighted by atomic mass is 10.0. The second-order valence-electron chi connectivity index (χ2n) is 7.79. The van der Waals surface area contributed by atoms with E-state index in [2.05, 4.69) is 39.1 Å². The molecule has 1 aliphatic heterocycles. The number of aliphatic imine (C=N–C) groups is 1. The highest BCUT2D eigenvalue weighted by Crippen LogP contribution is 2.12. The molecular weight excluding hydrogens is 481 g/mol. The lowest BCUT2D eigenvalue weighted by molar-refractivity contribution is 0.00752. The second-order valence-corrected chi connectivity index (χ2v) is 9.54. The van der Waals surface area contributed by atoms with Crippen molar-refractivity contribution in [3.8, 4) is 0 Å². The third kappa shape index (κ3) is 11.4. The lowest BCUT2D eigenvalue weighted by Gasteiger charge is -2.37. The first-order chi connectivity index (χ1) is 12.0. The number of hydrogen-bond acceptors (Lipinski definition) is 5. The summed E-state index contributed by atoms with van der Waals surface area (Å²) < 4.78 is 31.0. The summed E-state index contributed by atoms with van der Waals surface area (Å²) in [6.45, 7) is 15.4. The molecule has 3 N–H and O–H groups in total. The molecule has 1 heterocycles. The Morgan fingerprint density at radius 2 is 1.81 bits per heavy atom. The van der Waals surface area contributed by atoms with E-state index in [0.29, 0.717) is 24.5 Å². The van der Waals surface area contributed by atoms with Gasteiger partial charge in [-0.25, -0.2) is 13.1 Å². The van der Waals surface area contributed by atoms with Gasteiger partial charge in [0.15, 0.2) is 5.96 Å². The zero-order valence-electron chi connectivity index (χ0n) is 17.5. The quantitative estimate of drug-likeness (QED) is 0.238. The van der Waals surface area contributed by atoms with Crippen LogP contribution in [-0.2, 0) is 14.8 Å². The van der Waals surface area contributed by atoms with Gasteiger partial charge in [-0.3, -0.25) is 9.89 Å². The molecule has 0 aromatic heterocycles. The second kappa shape index (κ2) is 12.4. The highest BCUT2D eigenvalue weighted by molar-refractivity contribution is 14.0. The van der Waals surface area contributed by atoms with Gasteiger partial charge in [0, 0.05) is 37.8 Å². The van der Waals surface area contributed by atoms with E-state index in [1.54, 1.807) is 0 Å². The number of rotatable bonds is 9. The molecule has 1 rings (SSSR count). The van der Waals surface area contributed by atoms with Gasteiger partial charge in [-0.15, -0.1) is 24.0 Å². The Bertz CT molecular complexity index is 549. The minimum atomic E-state index is -3.27. The maximum Gasteiger partial charge on any atom is 0.209 e. The summed E-state index contributed by atoms with van der Waals surface area (Å²) in [7, 11) is -3.27.